The first-order valence-electron chi connectivity index (χ1n) is 13.4. The van der Waals surface area contributed by atoms with Crippen LogP contribution in [0.1, 0.15) is 18.1 Å². The molecule has 10 heteroatoms. The summed E-state index contributed by atoms with van der Waals surface area (Å²) in [7, 11) is -4.17. The molecule has 0 radical (unpaired) electrons. The van der Waals surface area contributed by atoms with E-state index >= 15 is 0 Å². The number of likely N-dealkylation sites (N-methyl/N-ethyl adjacent to an activating group) is 1. The number of nitrogens with zero attached hydrogens (tertiary/aromatic N) is 2. The van der Waals surface area contributed by atoms with Crippen molar-refractivity contribution in [2.75, 3.05) is 17.4 Å². The minimum Gasteiger partial charge on any atom is -0.355 e. The van der Waals surface area contributed by atoms with E-state index in [-0.39, 0.29) is 23.8 Å². The number of carbonyl (C=O) groups is 2. The number of rotatable bonds is 12. The maximum atomic E-state index is 14.3. The van der Waals surface area contributed by atoms with Gasteiger partial charge in [0.2, 0.25) is 11.8 Å². The molecule has 0 fully saturated rings. The van der Waals surface area contributed by atoms with E-state index in [1.807, 2.05) is 61.5 Å². The highest BCUT2D eigenvalue weighted by Crippen LogP contribution is 2.26. The lowest BCUT2D eigenvalue weighted by molar-refractivity contribution is -0.140. The van der Waals surface area contributed by atoms with Gasteiger partial charge in [0.15, 0.2) is 0 Å². The molecule has 0 aliphatic carbocycles. The molecule has 1 atom stereocenters. The van der Waals surface area contributed by atoms with Gasteiger partial charge in [-0.15, -0.1) is 0 Å². The quantitative estimate of drug-likeness (QED) is 0.199. The van der Waals surface area contributed by atoms with Gasteiger partial charge in [-0.2, -0.15) is 0 Å². The Morgan fingerprint density at radius 1 is 0.833 bits per heavy atom. The molecule has 1 N–H and O–H groups in total. The highest BCUT2D eigenvalue weighted by molar-refractivity contribution is 9.10. The lowest BCUT2D eigenvalue weighted by Gasteiger charge is -2.33. The molecule has 4 aromatic rings. The molecule has 0 saturated carbocycles. The van der Waals surface area contributed by atoms with E-state index in [1.165, 1.54) is 29.2 Å². The van der Waals surface area contributed by atoms with Gasteiger partial charge in [0.1, 0.15) is 12.6 Å². The molecule has 1 unspecified atom stereocenters. The summed E-state index contributed by atoms with van der Waals surface area (Å²) in [6, 6.07) is 30.2. The Kier molecular flexibility index (Phi) is 10.8. The number of hydrogen-bond donors (Lipinski definition) is 1. The first-order valence-corrected chi connectivity index (χ1v) is 16.0. The lowest BCUT2D eigenvalue weighted by atomic mass is 10.0. The Morgan fingerprint density at radius 2 is 1.43 bits per heavy atom. The minimum atomic E-state index is -4.17. The Labute approximate surface area is 260 Å². The van der Waals surface area contributed by atoms with Crippen molar-refractivity contribution in [2.24, 2.45) is 0 Å². The van der Waals surface area contributed by atoms with Gasteiger partial charge in [-0.25, -0.2) is 8.42 Å². The van der Waals surface area contributed by atoms with Gasteiger partial charge in [0.05, 0.1) is 10.6 Å². The second kappa shape index (κ2) is 14.5. The monoisotopic (exact) mass is 667 g/mol. The molecular formula is C32H31BrClN3O4S. The number of nitrogens with one attached hydrogen (secondary N) is 1. The van der Waals surface area contributed by atoms with Crippen LogP contribution < -0.4 is 9.62 Å². The van der Waals surface area contributed by atoms with Gasteiger partial charge in [-0.05, 0) is 66.6 Å². The van der Waals surface area contributed by atoms with Crippen LogP contribution in [0, 0.1) is 0 Å². The summed E-state index contributed by atoms with van der Waals surface area (Å²) in [5.41, 5.74) is 1.99. The van der Waals surface area contributed by atoms with Gasteiger partial charge >= 0.3 is 0 Å². The smallest absolute Gasteiger partial charge is 0.264 e. The molecule has 4 rings (SSSR count). The summed E-state index contributed by atoms with van der Waals surface area (Å²) in [5, 5.41) is 3.25. The average molecular weight is 669 g/mol. The number of halogens is 2. The molecule has 4 aromatic carbocycles. The third-order valence-electron chi connectivity index (χ3n) is 6.61. The molecule has 218 valence electrons. The average Bonchev–Trinajstić information content (AvgIpc) is 2.99. The lowest BCUT2D eigenvalue weighted by Crippen LogP contribution is -2.53. The fourth-order valence-corrected chi connectivity index (χ4v) is 6.29. The van der Waals surface area contributed by atoms with Crippen molar-refractivity contribution in [1.29, 1.82) is 0 Å². The second-order valence-electron chi connectivity index (χ2n) is 9.55. The minimum absolute atomic E-state index is 0.00688. The molecule has 2 amide bonds. The summed E-state index contributed by atoms with van der Waals surface area (Å²) < 4.78 is 29.8. The van der Waals surface area contributed by atoms with E-state index < -0.39 is 28.5 Å². The number of hydrogen-bond acceptors (Lipinski definition) is 4. The van der Waals surface area contributed by atoms with Gasteiger partial charge in [0, 0.05) is 29.0 Å². The third kappa shape index (κ3) is 8.00. The van der Waals surface area contributed by atoms with E-state index in [2.05, 4.69) is 21.2 Å². The van der Waals surface area contributed by atoms with Crippen molar-refractivity contribution in [1.82, 2.24) is 10.2 Å². The van der Waals surface area contributed by atoms with Gasteiger partial charge in [-0.1, -0.05) is 88.2 Å². The standard InChI is InChI=1S/C32H31BrClN3O4S/c1-2-35-32(39)30(21-24-9-5-3-6-10-24)36(22-25-13-15-26(33)16-14-25)31(38)23-37(28-11-7-4-8-12-28)42(40,41)29-19-17-27(34)18-20-29/h3-20,30H,2,21-23H2,1H3,(H,35,39). The van der Waals surface area contributed by atoms with Crippen LogP contribution in [0.25, 0.3) is 0 Å². The third-order valence-corrected chi connectivity index (χ3v) is 9.18. The highest BCUT2D eigenvalue weighted by atomic mass is 79.9. The normalized spacial score (nSPS) is 11.9. The summed E-state index contributed by atoms with van der Waals surface area (Å²) in [4.78, 5) is 29.2. The van der Waals surface area contributed by atoms with Gasteiger partial charge < -0.3 is 10.2 Å². The second-order valence-corrected chi connectivity index (χ2v) is 12.8. The van der Waals surface area contributed by atoms with E-state index in [1.54, 1.807) is 30.3 Å². The van der Waals surface area contributed by atoms with Crippen molar-refractivity contribution in [3.63, 3.8) is 0 Å². The van der Waals surface area contributed by atoms with E-state index in [4.69, 9.17) is 11.6 Å². The van der Waals surface area contributed by atoms with Gasteiger partial charge in [-0.3, -0.25) is 13.9 Å². The van der Waals surface area contributed by atoms with E-state index in [9.17, 15) is 18.0 Å². The molecule has 7 nitrogen and oxygen atoms in total. The van der Waals surface area contributed by atoms with Crippen molar-refractivity contribution >= 4 is 55.1 Å². The first-order chi connectivity index (χ1) is 20.2. The number of amides is 2. The fraction of sp³-hybridized carbons (Fsp3) is 0.188. The molecule has 0 bridgehead atoms. The van der Waals surface area contributed by atoms with Crippen LogP contribution in [0.5, 0.6) is 0 Å². The Morgan fingerprint density at radius 3 is 2.02 bits per heavy atom. The molecule has 0 saturated heterocycles. The van der Waals surface area contributed by atoms with Crippen LogP contribution >= 0.6 is 27.5 Å². The Hall–Kier alpha value is -3.66. The van der Waals surface area contributed by atoms with E-state index in [0.717, 1.165) is 19.9 Å². The molecule has 0 spiro atoms. The van der Waals surface area contributed by atoms with Crippen LogP contribution in [0.15, 0.2) is 119 Å². The number of benzene rings is 4. The molecule has 0 aliphatic rings. The van der Waals surface area contributed by atoms with Crippen LogP contribution in [-0.4, -0.2) is 44.3 Å². The molecular weight excluding hydrogens is 638 g/mol. The summed E-state index contributed by atoms with van der Waals surface area (Å²) in [6.07, 6.45) is 0.254. The molecule has 0 aromatic heterocycles. The van der Waals surface area contributed by atoms with Crippen molar-refractivity contribution in [3.8, 4) is 0 Å². The first kappa shape index (κ1) is 31.3. The zero-order valence-electron chi connectivity index (χ0n) is 23.0. The highest BCUT2D eigenvalue weighted by Gasteiger charge is 2.34. The van der Waals surface area contributed by atoms with Crippen molar-refractivity contribution in [3.05, 3.63) is 130 Å². The molecule has 0 heterocycles. The van der Waals surface area contributed by atoms with Crippen LogP contribution in [-0.2, 0) is 32.6 Å². The zero-order valence-corrected chi connectivity index (χ0v) is 26.1. The largest absolute Gasteiger partial charge is 0.355 e. The summed E-state index contributed by atoms with van der Waals surface area (Å²) in [6.45, 7) is 1.78. The van der Waals surface area contributed by atoms with Crippen molar-refractivity contribution in [2.45, 2.75) is 30.8 Å². The predicted molar refractivity (Wildman–Crippen MR) is 170 cm³/mol. The maximum absolute atomic E-state index is 14.3. The van der Waals surface area contributed by atoms with Crippen LogP contribution in [0.4, 0.5) is 5.69 Å². The zero-order chi connectivity index (χ0) is 30.1. The number of sulfonamides is 1. The predicted octanol–water partition coefficient (Wildman–Crippen LogP) is 6.07. The maximum Gasteiger partial charge on any atom is 0.264 e. The molecule has 0 aliphatic heterocycles. The Balaban J connectivity index is 1.77. The van der Waals surface area contributed by atoms with Gasteiger partial charge in [0.25, 0.3) is 10.0 Å². The molecule has 42 heavy (non-hydrogen) atoms. The fourth-order valence-electron chi connectivity index (χ4n) is 4.49. The summed E-state index contributed by atoms with van der Waals surface area (Å²) >= 11 is 9.46. The summed E-state index contributed by atoms with van der Waals surface area (Å²) in [5.74, 6) is -0.842. The van der Waals surface area contributed by atoms with Crippen molar-refractivity contribution < 1.29 is 18.0 Å². The Bertz CT molecular complexity index is 1590. The van der Waals surface area contributed by atoms with Crippen LogP contribution in [0.2, 0.25) is 5.02 Å². The number of anilines is 1. The topological polar surface area (TPSA) is 86.8 Å². The number of para-hydroxylation sites is 1. The van der Waals surface area contributed by atoms with E-state index in [0.29, 0.717) is 17.3 Å². The van der Waals surface area contributed by atoms with Crippen LogP contribution in [0.3, 0.4) is 0 Å². The SMILES string of the molecule is CCNC(=O)C(Cc1ccccc1)N(Cc1ccc(Br)cc1)C(=O)CN(c1ccccc1)S(=O)(=O)c1ccc(Cl)cc1. The number of carbonyl (C=O) groups excluding carboxylic acids is 2.